The Labute approximate surface area is 183 Å². The number of thiazole rings is 1. The number of amides is 1. The number of carbonyl (C=O) groups excluding carboxylic acids is 1. The number of hydrogen-bond acceptors (Lipinski definition) is 7. The lowest BCUT2D eigenvalue weighted by Crippen LogP contribution is -2.22. The van der Waals surface area contributed by atoms with Crippen LogP contribution in [0.5, 0.6) is 5.75 Å². The van der Waals surface area contributed by atoms with Crippen molar-refractivity contribution < 1.29 is 17.9 Å². The number of aromatic nitrogens is 2. The number of para-hydroxylation sites is 1. The van der Waals surface area contributed by atoms with Crippen LogP contribution in [-0.2, 0) is 10.0 Å². The molecule has 0 atom stereocenters. The van der Waals surface area contributed by atoms with Crippen LogP contribution in [0.3, 0.4) is 0 Å². The van der Waals surface area contributed by atoms with Gasteiger partial charge < -0.3 is 4.74 Å². The van der Waals surface area contributed by atoms with Gasteiger partial charge in [0.25, 0.3) is 0 Å². The molecule has 0 spiro atoms. The van der Waals surface area contributed by atoms with Crippen LogP contribution >= 0.6 is 11.3 Å². The molecule has 31 heavy (non-hydrogen) atoms. The number of ether oxygens (including phenoxy) is 1. The van der Waals surface area contributed by atoms with Crippen LogP contribution in [0.4, 0.5) is 9.93 Å². The molecule has 0 aliphatic carbocycles. The van der Waals surface area contributed by atoms with Gasteiger partial charge in [0.2, 0.25) is 10.0 Å². The molecule has 0 unspecified atom stereocenters. The first kappa shape index (κ1) is 20.9. The van der Waals surface area contributed by atoms with Crippen LogP contribution in [0.2, 0.25) is 0 Å². The van der Waals surface area contributed by atoms with E-state index in [2.05, 4.69) is 15.3 Å². The Hall–Kier alpha value is -3.34. The smallest absolute Gasteiger partial charge is 0.410 e. The quantitative estimate of drug-likeness (QED) is 0.484. The predicted octanol–water partition coefficient (Wildman–Crippen LogP) is 4.22. The average molecular weight is 455 g/mol. The predicted molar refractivity (Wildman–Crippen MR) is 120 cm³/mol. The number of hydrogen-bond donors (Lipinski definition) is 1. The van der Waals surface area contributed by atoms with Gasteiger partial charge in [-0.05, 0) is 35.9 Å². The Morgan fingerprint density at radius 1 is 1.03 bits per heavy atom. The summed E-state index contributed by atoms with van der Waals surface area (Å²) in [6.07, 6.45) is 2.30. The molecule has 0 radical (unpaired) electrons. The molecule has 0 saturated carbocycles. The maximum absolute atomic E-state index is 12.4. The zero-order valence-corrected chi connectivity index (χ0v) is 18.3. The minimum Gasteiger partial charge on any atom is -0.410 e. The van der Waals surface area contributed by atoms with E-state index >= 15 is 0 Å². The third-order valence-electron chi connectivity index (χ3n) is 4.38. The lowest BCUT2D eigenvalue weighted by molar-refractivity contribution is 0.215. The van der Waals surface area contributed by atoms with Crippen LogP contribution < -0.4 is 10.1 Å². The van der Waals surface area contributed by atoms with Crippen molar-refractivity contribution in [3.8, 4) is 16.9 Å². The van der Waals surface area contributed by atoms with E-state index in [0.717, 1.165) is 14.6 Å². The number of anilines is 1. The normalized spacial score (nSPS) is 11.6. The van der Waals surface area contributed by atoms with Gasteiger partial charge in [0.15, 0.2) is 5.13 Å². The third kappa shape index (κ3) is 4.55. The topological polar surface area (TPSA) is 101 Å². The van der Waals surface area contributed by atoms with Crippen molar-refractivity contribution in [2.24, 2.45) is 0 Å². The zero-order chi connectivity index (χ0) is 22.0. The highest BCUT2D eigenvalue weighted by Crippen LogP contribution is 2.31. The summed E-state index contributed by atoms with van der Waals surface area (Å²) in [6.45, 7) is 0. The molecular weight excluding hydrogens is 436 g/mol. The second kappa shape index (κ2) is 8.42. The van der Waals surface area contributed by atoms with Gasteiger partial charge in [-0.25, -0.2) is 22.5 Å². The molecule has 8 nitrogen and oxygen atoms in total. The minimum atomic E-state index is -3.59. The number of carbonyl (C=O) groups is 1. The van der Waals surface area contributed by atoms with Crippen LogP contribution in [-0.4, -0.2) is 42.9 Å². The summed E-state index contributed by atoms with van der Waals surface area (Å²) in [4.78, 5) is 20.7. The summed E-state index contributed by atoms with van der Waals surface area (Å²) < 4.78 is 32.0. The molecule has 0 fully saturated rings. The van der Waals surface area contributed by atoms with Gasteiger partial charge in [-0.15, -0.1) is 0 Å². The number of benzene rings is 2. The molecule has 0 aliphatic heterocycles. The van der Waals surface area contributed by atoms with Gasteiger partial charge in [-0.1, -0.05) is 35.6 Å². The fourth-order valence-corrected chi connectivity index (χ4v) is 4.58. The third-order valence-corrected chi connectivity index (χ3v) is 7.09. The Balaban J connectivity index is 1.58. The van der Waals surface area contributed by atoms with Crippen molar-refractivity contribution in [2.75, 3.05) is 19.4 Å². The first-order valence-corrected chi connectivity index (χ1v) is 11.4. The summed E-state index contributed by atoms with van der Waals surface area (Å²) in [6, 6.07) is 15.8. The molecule has 2 aromatic heterocycles. The van der Waals surface area contributed by atoms with Crippen molar-refractivity contribution in [1.29, 1.82) is 0 Å². The minimum absolute atomic E-state index is 0.116. The second-order valence-electron chi connectivity index (χ2n) is 6.73. The second-order valence-corrected chi connectivity index (χ2v) is 9.91. The molecule has 1 N–H and O–H groups in total. The van der Waals surface area contributed by atoms with E-state index in [1.165, 1.54) is 31.6 Å². The molecule has 2 heterocycles. The van der Waals surface area contributed by atoms with Gasteiger partial charge in [0.05, 0.1) is 10.2 Å². The molecule has 0 saturated heterocycles. The fraction of sp³-hybridized carbons (Fsp3) is 0.0952. The highest BCUT2D eigenvalue weighted by Gasteiger charge is 2.18. The number of pyridine rings is 1. The molecule has 10 heteroatoms. The van der Waals surface area contributed by atoms with Crippen LogP contribution in [0, 0.1) is 0 Å². The largest absolute Gasteiger partial charge is 0.418 e. The Morgan fingerprint density at radius 3 is 2.55 bits per heavy atom. The first-order valence-electron chi connectivity index (χ1n) is 9.15. The SMILES string of the molecule is CN(C)S(=O)(=O)c1cncc(-c2ccc3nc(NC(=O)Oc4ccccc4)sc3c2)c1. The number of sulfonamides is 1. The summed E-state index contributed by atoms with van der Waals surface area (Å²) >= 11 is 1.29. The van der Waals surface area contributed by atoms with Gasteiger partial charge in [0.1, 0.15) is 10.6 Å². The van der Waals surface area contributed by atoms with Gasteiger partial charge in [-0.3, -0.25) is 10.3 Å². The molecule has 0 bridgehead atoms. The highest BCUT2D eigenvalue weighted by molar-refractivity contribution is 7.89. The van der Waals surface area contributed by atoms with Gasteiger partial charge in [0, 0.05) is 32.1 Å². The lowest BCUT2D eigenvalue weighted by Gasteiger charge is -2.11. The van der Waals surface area contributed by atoms with E-state index < -0.39 is 16.1 Å². The summed E-state index contributed by atoms with van der Waals surface area (Å²) in [5.41, 5.74) is 2.16. The van der Waals surface area contributed by atoms with Crippen LogP contribution in [0.15, 0.2) is 71.9 Å². The van der Waals surface area contributed by atoms with E-state index in [-0.39, 0.29) is 4.90 Å². The fourth-order valence-electron chi connectivity index (χ4n) is 2.79. The van der Waals surface area contributed by atoms with Gasteiger partial charge in [-0.2, -0.15) is 0 Å². The van der Waals surface area contributed by atoms with Crippen LogP contribution in [0.1, 0.15) is 0 Å². The monoisotopic (exact) mass is 454 g/mol. The van der Waals surface area contributed by atoms with Crippen molar-refractivity contribution in [3.63, 3.8) is 0 Å². The summed E-state index contributed by atoms with van der Waals surface area (Å²) in [5, 5.41) is 3.03. The van der Waals surface area contributed by atoms with Crippen molar-refractivity contribution in [1.82, 2.24) is 14.3 Å². The van der Waals surface area contributed by atoms with E-state index in [9.17, 15) is 13.2 Å². The summed E-state index contributed by atoms with van der Waals surface area (Å²) in [5.74, 6) is 0.434. The molecule has 4 aromatic rings. The van der Waals surface area contributed by atoms with Gasteiger partial charge >= 0.3 is 6.09 Å². The number of nitrogens with zero attached hydrogens (tertiary/aromatic N) is 3. The Bertz CT molecular complexity index is 1350. The number of nitrogens with one attached hydrogen (secondary N) is 1. The molecule has 0 aliphatic rings. The van der Waals surface area contributed by atoms with E-state index in [1.807, 2.05) is 24.3 Å². The number of rotatable bonds is 5. The summed E-state index contributed by atoms with van der Waals surface area (Å²) in [7, 11) is -0.636. The van der Waals surface area contributed by atoms with Crippen LogP contribution in [0.25, 0.3) is 21.3 Å². The maximum Gasteiger partial charge on any atom is 0.418 e. The molecule has 2 aromatic carbocycles. The van der Waals surface area contributed by atoms with E-state index in [1.54, 1.807) is 36.5 Å². The van der Waals surface area contributed by atoms with Crippen molar-refractivity contribution >= 4 is 42.8 Å². The first-order chi connectivity index (χ1) is 14.8. The Morgan fingerprint density at radius 2 is 1.81 bits per heavy atom. The molecule has 158 valence electrons. The zero-order valence-electron chi connectivity index (χ0n) is 16.6. The van der Waals surface area contributed by atoms with E-state index in [0.29, 0.717) is 22.0 Å². The highest BCUT2D eigenvalue weighted by atomic mass is 32.2. The van der Waals surface area contributed by atoms with Crippen molar-refractivity contribution in [3.05, 3.63) is 67.0 Å². The standard InChI is InChI=1S/C21H18N4O4S2/c1-25(2)31(27,28)17-10-15(12-22-13-17)14-8-9-18-19(11-14)30-20(23-18)24-21(26)29-16-6-4-3-5-7-16/h3-13H,1-2H3,(H,23,24,26). The number of fused-ring (bicyclic) bond motifs is 1. The maximum atomic E-state index is 12.4. The van der Waals surface area contributed by atoms with Crippen molar-refractivity contribution in [2.45, 2.75) is 4.90 Å². The van der Waals surface area contributed by atoms with E-state index in [4.69, 9.17) is 4.74 Å². The molecule has 1 amide bonds. The molecule has 4 rings (SSSR count). The average Bonchev–Trinajstić information content (AvgIpc) is 3.15. The molecular formula is C21H18N4O4S2. The lowest BCUT2D eigenvalue weighted by atomic mass is 10.1. The Kier molecular flexibility index (Phi) is 5.68.